The highest BCUT2D eigenvalue weighted by Gasteiger charge is 2.44. The topological polar surface area (TPSA) is 23.6 Å². The maximum absolute atomic E-state index is 14.2. The fourth-order valence-electron chi connectivity index (χ4n) is 5.38. The molecular weight excluding hydrogens is 439 g/mol. The van der Waals surface area contributed by atoms with Gasteiger partial charge >= 0.3 is 6.98 Å². The Hall–Kier alpha value is -2.49. The van der Waals surface area contributed by atoms with Crippen LogP contribution in [0.25, 0.3) is 0 Å². The lowest BCUT2D eigenvalue weighted by Gasteiger charge is -2.36. The van der Waals surface area contributed by atoms with E-state index in [1.807, 2.05) is 0 Å². The van der Waals surface area contributed by atoms with Gasteiger partial charge in [0, 0.05) is 30.2 Å². The number of carbonyl (C=O) groups is 1. The van der Waals surface area contributed by atoms with Gasteiger partial charge in [-0.1, -0.05) is 113 Å². The van der Waals surface area contributed by atoms with Gasteiger partial charge in [0.2, 0.25) is 0 Å². The van der Waals surface area contributed by atoms with Crippen LogP contribution in [0.15, 0.2) is 48.8 Å². The zero-order valence-electron chi connectivity index (χ0n) is 24.5. The van der Waals surface area contributed by atoms with Crippen LogP contribution >= 0.6 is 0 Å². The molecule has 0 aromatic heterocycles. The summed E-state index contributed by atoms with van der Waals surface area (Å²) in [7, 11) is 0. The predicted molar refractivity (Wildman–Crippen MR) is 158 cm³/mol. The van der Waals surface area contributed by atoms with Gasteiger partial charge in [0.25, 0.3) is 0 Å². The summed E-state index contributed by atoms with van der Waals surface area (Å²) in [5.41, 5.74) is 7.74. The van der Waals surface area contributed by atoms with Crippen LogP contribution in [-0.4, -0.2) is 12.7 Å². The van der Waals surface area contributed by atoms with Gasteiger partial charge < -0.3 is 14.4 Å². The van der Waals surface area contributed by atoms with Crippen LogP contribution < -0.4 is 9.62 Å². The van der Waals surface area contributed by atoms with Gasteiger partial charge in [-0.2, -0.15) is 0 Å². The zero-order chi connectivity index (χ0) is 26.9. The molecule has 3 rings (SSSR count). The molecule has 0 bridgehead atoms. The highest BCUT2D eigenvalue weighted by Crippen LogP contribution is 2.43. The van der Waals surface area contributed by atoms with E-state index in [0.29, 0.717) is 30.1 Å². The van der Waals surface area contributed by atoms with E-state index in [4.69, 9.17) is 0 Å². The molecule has 0 fully saturated rings. The number of hydrogen-bond donors (Lipinski definition) is 0. The van der Waals surface area contributed by atoms with Crippen LogP contribution in [0.5, 0.6) is 0 Å². The molecule has 1 aliphatic heterocycles. The molecule has 36 heavy (non-hydrogen) atoms. The number of hydrogen-bond acceptors (Lipinski definition) is 3. The first-order valence-electron chi connectivity index (χ1n) is 13.8. The normalized spacial score (nSPS) is 14.4. The average Bonchev–Trinajstić information content (AvgIpc) is 3.21. The maximum Gasteiger partial charge on any atom is 0.458 e. The molecule has 0 atom stereocenters. The Kier molecular flexibility index (Phi) is 8.48. The fourth-order valence-corrected chi connectivity index (χ4v) is 5.38. The van der Waals surface area contributed by atoms with Crippen LogP contribution in [0, 0.1) is 5.41 Å². The van der Waals surface area contributed by atoms with E-state index in [2.05, 4.69) is 135 Å². The van der Waals surface area contributed by atoms with Crippen molar-refractivity contribution in [3.63, 3.8) is 0 Å². The van der Waals surface area contributed by atoms with E-state index in [1.165, 1.54) is 33.6 Å². The summed E-state index contributed by atoms with van der Waals surface area (Å²) in [6.45, 7) is 24.0. The average molecular weight is 487 g/mol. The second-order valence-electron chi connectivity index (χ2n) is 12.9. The van der Waals surface area contributed by atoms with Crippen molar-refractivity contribution < 1.29 is 4.79 Å². The summed E-state index contributed by atoms with van der Waals surface area (Å²) in [4.78, 5) is 18.8. The van der Waals surface area contributed by atoms with E-state index in [0.717, 1.165) is 0 Å². The highest BCUT2D eigenvalue weighted by atomic mass is 16.1. The third-order valence-corrected chi connectivity index (χ3v) is 7.11. The van der Waals surface area contributed by atoms with Gasteiger partial charge in [-0.05, 0) is 51.3 Å². The minimum absolute atomic E-state index is 0.0894. The molecule has 0 spiro atoms. The molecule has 0 N–H and O–H groups in total. The first kappa shape index (κ1) is 28.1. The van der Waals surface area contributed by atoms with Crippen molar-refractivity contribution in [2.75, 3.05) is 9.62 Å². The minimum Gasteiger partial charge on any atom is -0.364 e. The molecule has 0 aliphatic carbocycles. The van der Waals surface area contributed by atoms with Gasteiger partial charge in [-0.25, -0.2) is 0 Å². The first-order chi connectivity index (χ1) is 16.7. The van der Waals surface area contributed by atoms with Gasteiger partial charge in [0.1, 0.15) is 5.68 Å². The van der Waals surface area contributed by atoms with Crippen LogP contribution in [0.3, 0.4) is 0 Å². The summed E-state index contributed by atoms with van der Waals surface area (Å²) < 4.78 is 0. The number of nitrogens with zero attached hydrogens (tertiary/aromatic N) is 2. The smallest absolute Gasteiger partial charge is 0.364 e. The van der Waals surface area contributed by atoms with Crippen LogP contribution in [0.2, 0.25) is 0 Å². The molecule has 4 heteroatoms. The van der Waals surface area contributed by atoms with Crippen molar-refractivity contribution in [3.05, 3.63) is 71.1 Å². The van der Waals surface area contributed by atoms with E-state index in [-0.39, 0.29) is 11.1 Å². The molecule has 0 saturated heterocycles. The first-order valence-corrected chi connectivity index (χ1v) is 13.8. The molecule has 194 valence electrons. The third kappa shape index (κ3) is 5.74. The molecule has 2 aromatic rings. The van der Waals surface area contributed by atoms with E-state index >= 15 is 0 Å². The third-order valence-electron chi connectivity index (χ3n) is 7.11. The van der Waals surface area contributed by atoms with E-state index < -0.39 is 6.98 Å². The molecule has 1 aliphatic rings. The second kappa shape index (κ2) is 10.9. The van der Waals surface area contributed by atoms with Crippen LogP contribution in [0.1, 0.15) is 129 Å². The van der Waals surface area contributed by atoms with Gasteiger partial charge in [0.05, 0.1) is 0 Å². The predicted octanol–water partition coefficient (Wildman–Crippen LogP) is 9.01. The molecule has 1 heterocycles. The van der Waals surface area contributed by atoms with Crippen molar-refractivity contribution in [1.29, 1.82) is 0 Å². The maximum atomic E-state index is 14.2. The molecule has 0 amide bonds. The van der Waals surface area contributed by atoms with Crippen molar-refractivity contribution in [1.82, 2.24) is 0 Å². The SMILES string of the molecule is CC(C)c1cccc(C(C)C)c1N1C=CN(c2c(C(C)C)cccc2C(C)C)B1C(=O)CC(C)(C)C. The summed E-state index contributed by atoms with van der Waals surface area (Å²) in [6.07, 6.45) is 4.83. The Labute approximate surface area is 221 Å². The van der Waals surface area contributed by atoms with Gasteiger partial charge in [-0.3, -0.25) is 0 Å². The lowest BCUT2D eigenvalue weighted by molar-refractivity contribution is -0.113. The number of benzene rings is 2. The number of carbonyl (C=O) groups excluding carboxylic acids is 1. The number of para-hydroxylation sites is 2. The van der Waals surface area contributed by atoms with E-state index in [9.17, 15) is 4.79 Å². The van der Waals surface area contributed by atoms with Gasteiger partial charge in [-0.15, -0.1) is 0 Å². The molecule has 3 nitrogen and oxygen atoms in total. The van der Waals surface area contributed by atoms with Gasteiger partial charge in [0.15, 0.2) is 0 Å². The fraction of sp³-hybridized carbons (Fsp3) is 0.531. The Morgan fingerprint density at radius 3 is 1.22 bits per heavy atom. The Morgan fingerprint density at radius 2 is 0.972 bits per heavy atom. The van der Waals surface area contributed by atoms with E-state index in [1.54, 1.807) is 0 Å². The Balaban J connectivity index is 2.29. The molecule has 0 radical (unpaired) electrons. The van der Waals surface area contributed by atoms with Crippen molar-refractivity contribution in [2.24, 2.45) is 5.41 Å². The summed E-state index contributed by atoms with van der Waals surface area (Å²) in [5, 5.41) is 0. The summed E-state index contributed by atoms with van der Waals surface area (Å²) in [5.74, 6) is 1.42. The largest absolute Gasteiger partial charge is 0.458 e. The van der Waals surface area contributed by atoms with Crippen molar-refractivity contribution >= 4 is 24.0 Å². The molecule has 0 saturated carbocycles. The zero-order valence-corrected chi connectivity index (χ0v) is 24.5. The standard InChI is InChI=1S/C32H47BN2O/c1-21(2)25-14-12-15-26(22(3)4)30(25)34-18-19-35(33(34)29(36)20-32(9,10)11)31-27(23(5)6)16-13-17-28(31)24(7)8/h12-19,21-24H,20H2,1-11H3. The Morgan fingerprint density at radius 1 is 0.667 bits per heavy atom. The summed E-state index contributed by atoms with van der Waals surface area (Å²) in [6, 6.07) is 13.3. The summed E-state index contributed by atoms with van der Waals surface area (Å²) >= 11 is 0. The lowest BCUT2D eigenvalue weighted by atomic mass is 9.62. The number of rotatable bonds is 8. The van der Waals surface area contributed by atoms with Crippen LogP contribution in [0.4, 0.5) is 11.4 Å². The molecular formula is C32H47BN2O. The van der Waals surface area contributed by atoms with Crippen molar-refractivity contribution in [2.45, 2.75) is 106 Å². The quantitative estimate of drug-likeness (QED) is 0.348. The lowest BCUT2D eigenvalue weighted by Crippen LogP contribution is -2.52. The van der Waals surface area contributed by atoms with Crippen LogP contribution in [-0.2, 0) is 4.79 Å². The number of anilines is 2. The monoisotopic (exact) mass is 486 g/mol. The molecule has 2 aromatic carbocycles. The second-order valence-corrected chi connectivity index (χ2v) is 12.9. The molecule has 0 unspecified atom stereocenters. The minimum atomic E-state index is -0.404. The van der Waals surface area contributed by atoms with Crippen molar-refractivity contribution in [3.8, 4) is 0 Å². The highest BCUT2D eigenvalue weighted by molar-refractivity contribution is 6.96. The Bertz CT molecular complexity index is 982.